The molecule has 0 aliphatic rings. The number of para-hydroxylation sites is 1. The molecule has 0 fully saturated rings. The van der Waals surface area contributed by atoms with Gasteiger partial charge in [-0.15, -0.1) is 0 Å². The summed E-state index contributed by atoms with van der Waals surface area (Å²) < 4.78 is 5.79. The first-order valence-corrected chi connectivity index (χ1v) is 9.36. The van der Waals surface area contributed by atoms with E-state index in [2.05, 4.69) is 5.32 Å². The smallest absolute Gasteiger partial charge is 0.248 e. The van der Waals surface area contributed by atoms with Crippen LogP contribution in [-0.2, 0) is 4.79 Å². The molecule has 142 valence electrons. The minimum atomic E-state index is -0.390. The topological polar surface area (TPSA) is 59.3 Å². The van der Waals surface area contributed by atoms with Crippen molar-refractivity contribution in [3.63, 3.8) is 0 Å². The van der Waals surface area contributed by atoms with Gasteiger partial charge in [0.15, 0.2) is 5.76 Å². The second kappa shape index (κ2) is 8.17. The van der Waals surface area contributed by atoms with Crippen molar-refractivity contribution >= 4 is 46.0 Å². The fraction of sp³-hybridized carbons (Fsp3) is 0. The average Bonchev–Trinajstić information content (AvgIpc) is 3.11. The lowest BCUT2D eigenvalue weighted by Crippen LogP contribution is -2.11. The number of amides is 1. The molecular weight excluding hydrogens is 386 g/mol. The summed E-state index contributed by atoms with van der Waals surface area (Å²) in [4.78, 5) is 25.5. The zero-order valence-electron chi connectivity index (χ0n) is 15.3. The summed E-state index contributed by atoms with van der Waals surface area (Å²) in [5.74, 6) is -0.595. The maximum Gasteiger partial charge on any atom is 0.248 e. The van der Waals surface area contributed by atoms with Gasteiger partial charge in [-0.3, -0.25) is 9.59 Å². The summed E-state index contributed by atoms with van der Waals surface area (Å²) in [5.41, 5.74) is 2.08. The van der Waals surface area contributed by atoms with E-state index in [1.807, 2.05) is 36.4 Å². The molecule has 29 heavy (non-hydrogen) atoms. The van der Waals surface area contributed by atoms with E-state index >= 15 is 0 Å². The Morgan fingerprint density at radius 2 is 1.55 bits per heavy atom. The molecule has 0 radical (unpaired) electrons. The van der Waals surface area contributed by atoms with Gasteiger partial charge in [-0.2, -0.15) is 0 Å². The third kappa shape index (κ3) is 3.98. The molecule has 1 amide bonds. The van der Waals surface area contributed by atoms with E-state index in [1.54, 1.807) is 48.5 Å². The van der Waals surface area contributed by atoms with Crippen LogP contribution in [0.25, 0.3) is 17.0 Å². The zero-order valence-corrected chi connectivity index (χ0v) is 16.0. The first-order valence-electron chi connectivity index (χ1n) is 8.98. The number of rotatable bonds is 5. The quantitative estimate of drug-likeness (QED) is 0.331. The van der Waals surface area contributed by atoms with Crippen LogP contribution in [0.2, 0.25) is 5.02 Å². The number of anilines is 1. The van der Waals surface area contributed by atoms with Crippen molar-refractivity contribution in [3.05, 3.63) is 107 Å². The van der Waals surface area contributed by atoms with Crippen molar-refractivity contribution < 1.29 is 14.0 Å². The molecule has 1 N–H and O–H groups in total. The lowest BCUT2D eigenvalue weighted by molar-refractivity contribution is -0.111. The van der Waals surface area contributed by atoms with E-state index in [0.717, 1.165) is 5.56 Å². The predicted molar refractivity (Wildman–Crippen MR) is 115 cm³/mol. The molecule has 0 unspecified atom stereocenters. The summed E-state index contributed by atoms with van der Waals surface area (Å²) in [7, 11) is 0. The van der Waals surface area contributed by atoms with E-state index in [-0.39, 0.29) is 11.5 Å². The highest BCUT2D eigenvalue weighted by Gasteiger charge is 2.22. The van der Waals surface area contributed by atoms with Crippen LogP contribution < -0.4 is 5.32 Å². The highest BCUT2D eigenvalue weighted by atomic mass is 35.5. The number of nitrogens with one attached hydrogen (secondary N) is 1. The van der Waals surface area contributed by atoms with Crippen molar-refractivity contribution in [2.75, 3.05) is 5.32 Å². The van der Waals surface area contributed by atoms with Gasteiger partial charge in [0.2, 0.25) is 11.7 Å². The molecular formula is C24H16ClNO3. The Kier molecular flexibility index (Phi) is 5.27. The fourth-order valence-electron chi connectivity index (χ4n) is 2.99. The Bertz CT molecular complexity index is 1230. The first-order chi connectivity index (χ1) is 14.1. The molecule has 0 aliphatic carbocycles. The molecule has 5 heteroatoms. The Labute approximate surface area is 172 Å². The van der Waals surface area contributed by atoms with Gasteiger partial charge in [0, 0.05) is 22.0 Å². The SMILES string of the molecule is O=C(/C=C/c1ccccc1Cl)Nc1c(C(=O)c2ccccc2)oc2ccccc12. The lowest BCUT2D eigenvalue weighted by Gasteiger charge is -2.04. The van der Waals surface area contributed by atoms with Gasteiger partial charge in [0.1, 0.15) is 5.58 Å². The molecule has 0 atom stereocenters. The van der Waals surface area contributed by atoms with Gasteiger partial charge in [-0.05, 0) is 29.8 Å². The Morgan fingerprint density at radius 1 is 0.862 bits per heavy atom. The van der Waals surface area contributed by atoms with Gasteiger partial charge in [-0.25, -0.2) is 0 Å². The predicted octanol–water partition coefficient (Wildman–Crippen LogP) is 5.97. The molecule has 4 aromatic rings. The van der Waals surface area contributed by atoms with Crippen molar-refractivity contribution in [1.82, 2.24) is 0 Å². The van der Waals surface area contributed by atoms with Crippen LogP contribution in [0, 0.1) is 0 Å². The number of carbonyl (C=O) groups excluding carboxylic acids is 2. The fourth-order valence-corrected chi connectivity index (χ4v) is 3.19. The Hall–Kier alpha value is -3.63. The molecule has 3 aromatic carbocycles. The number of halogens is 1. The van der Waals surface area contributed by atoms with Gasteiger partial charge < -0.3 is 9.73 Å². The molecule has 4 rings (SSSR count). The van der Waals surface area contributed by atoms with Crippen LogP contribution in [0.5, 0.6) is 0 Å². The van der Waals surface area contributed by atoms with E-state index in [9.17, 15) is 9.59 Å². The van der Waals surface area contributed by atoms with Gasteiger partial charge in [0.25, 0.3) is 0 Å². The highest BCUT2D eigenvalue weighted by Crippen LogP contribution is 2.32. The van der Waals surface area contributed by atoms with Crippen LogP contribution >= 0.6 is 11.6 Å². The summed E-state index contributed by atoms with van der Waals surface area (Å²) in [6, 6.07) is 23.2. The monoisotopic (exact) mass is 401 g/mol. The molecule has 1 aromatic heterocycles. The minimum Gasteiger partial charge on any atom is -0.450 e. The number of ketones is 1. The van der Waals surface area contributed by atoms with Crippen LogP contribution in [0.4, 0.5) is 5.69 Å². The number of furan rings is 1. The maximum atomic E-state index is 13.0. The third-order valence-corrected chi connectivity index (χ3v) is 4.75. The third-order valence-electron chi connectivity index (χ3n) is 4.41. The zero-order chi connectivity index (χ0) is 20.2. The molecule has 0 saturated carbocycles. The van der Waals surface area contributed by atoms with Crippen LogP contribution in [0.1, 0.15) is 21.7 Å². The van der Waals surface area contributed by atoms with Crippen LogP contribution in [0.3, 0.4) is 0 Å². The Morgan fingerprint density at radius 3 is 2.34 bits per heavy atom. The number of hydrogen-bond donors (Lipinski definition) is 1. The number of carbonyl (C=O) groups is 2. The van der Waals surface area contributed by atoms with Crippen LogP contribution in [0.15, 0.2) is 89.4 Å². The lowest BCUT2D eigenvalue weighted by atomic mass is 10.1. The average molecular weight is 402 g/mol. The molecule has 0 spiro atoms. The number of fused-ring (bicyclic) bond motifs is 1. The standard InChI is InChI=1S/C24H16ClNO3/c25-19-12-6-4-8-16(19)14-15-21(27)26-22-18-11-5-7-13-20(18)29-24(22)23(28)17-9-2-1-3-10-17/h1-15H,(H,26,27)/b15-14+. The maximum absolute atomic E-state index is 13.0. The highest BCUT2D eigenvalue weighted by molar-refractivity contribution is 6.32. The number of hydrogen-bond acceptors (Lipinski definition) is 3. The van der Waals surface area contributed by atoms with E-state index in [4.69, 9.17) is 16.0 Å². The molecule has 1 heterocycles. The van der Waals surface area contributed by atoms with Gasteiger partial charge in [-0.1, -0.05) is 72.3 Å². The number of benzene rings is 3. The summed E-state index contributed by atoms with van der Waals surface area (Å²) in [6.45, 7) is 0. The van der Waals surface area contributed by atoms with E-state index < -0.39 is 5.91 Å². The summed E-state index contributed by atoms with van der Waals surface area (Å²) in [5, 5.41) is 4.00. The molecule has 0 bridgehead atoms. The summed E-state index contributed by atoms with van der Waals surface area (Å²) in [6.07, 6.45) is 3.00. The van der Waals surface area contributed by atoms with Crippen LogP contribution in [-0.4, -0.2) is 11.7 Å². The van der Waals surface area contributed by atoms with Crippen molar-refractivity contribution in [1.29, 1.82) is 0 Å². The molecule has 0 saturated heterocycles. The normalized spacial score (nSPS) is 11.1. The van der Waals surface area contributed by atoms with Crippen molar-refractivity contribution in [3.8, 4) is 0 Å². The minimum absolute atomic E-state index is 0.0943. The molecule has 0 aliphatic heterocycles. The van der Waals surface area contributed by atoms with Gasteiger partial charge in [0.05, 0.1) is 5.69 Å². The second-order valence-electron chi connectivity index (χ2n) is 6.34. The van der Waals surface area contributed by atoms with E-state index in [0.29, 0.717) is 27.2 Å². The first kappa shape index (κ1) is 18.7. The van der Waals surface area contributed by atoms with E-state index in [1.165, 1.54) is 6.08 Å². The Balaban J connectivity index is 1.68. The van der Waals surface area contributed by atoms with Crippen molar-refractivity contribution in [2.45, 2.75) is 0 Å². The van der Waals surface area contributed by atoms with Crippen molar-refractivity contribution in [2.24, 2.45) is 0 Å². The van der Waals surface area contributed by atoms with Gasteiger partial charge >= 0.3 is 0 Å². The molecule has 4 nitrogen and oxygen atoms in total. The summed E-state index contributed by atoms with van der Waals surface area (Å²) >= 11 is 6.12. The largest absolute Gasteiger partial charge is 0.450 e. The second-order valence-corrected chi connectivity index (χ2v) is 6.75.